The largest absolute Gasteiger partial charge is 0.358 e. The molecule has 0 aliphatic carbocycles. The summed E-state index contributed by atoms with van der Waals surface area (Å²) in [4.78, 5) is 14.1. The van der Waals surface area contributed by atoms with E-state index < -0.39 is 0 Å². The van der Waals surface area contributed by atoms with Gasteiger partial charge in [-0.25, -0.2) is 0 Å². The maximum atomic E-state index is 11.9. The van der Waals surface area contributed by atoms with Crippen LogP contribution in [0.5, 0.6) is 0 Å². The molecule has 1 saturated heterocycles. The summed E-state index contributed by atoms with van der Waals surface area (Å²) in [6, 6.07) is 5.71. The first-order valence-corrected chi connectivity index (χ1v) is 6.00. The Morgan fingerprint density at radius 3 is 3.12 bits per heavy atom. The minimum atomic E-state index is 0.0161. The smallest absolute Gasteiger partial charge is 0.247 e. The molecule has 1 atom stereocenters. The number of nitrogens with zero attached hydrogens (tertiary/aromatic N) is 1. The summed E-state index contributed by atoms with van der Waals surface area (Å²) in [5, 5.41) is 3.60. The van der Waals surface area contributed by atoms with Gasteiger partial charge in [-0.05, 0) is 37.5 Å². The summed E-state index contributed by atoms with van der Waals surface area (Å²) in [6.07, 6.45) is 3.25. The van der Waals surface area contributed by atoms with Gasteiger partial charge in [-0.3, -0.25) is 4.79 Å². The summed E-state index contributed by atoms with van der Waals surface area (Å²) >= 11 is 5.93. The summed E-state index contributed by atoms with van der Waals surface area (Å²) in [7, 11) is 0. The van der Waals surface area contributed by atoms with Gasteiger partial charge in [0.2, 0.25) is 5.91 Å². The van der Waals surface area contributed by atoms with Gasteiger partial charge < -0.3 is 10.2 Å². The number of hydrogen-bond donors (Lipinski definition) is 1. The van der Waals surface area contributed by atoms with E-state index in [1.807, 2.05) is 18.2 Å². The molecule has 3 nitrogen and oxygen atoms in total. The number of hydrogen-bond acceptors (Lipinski definition) is 2. The molecule has 4 heteroatoms. The van der Waals surface area contributed by atoms with Crippen molar-refractivity contribution in [2.75, 3.05) is 16.8 Å². The lowest BCUT2D eigenvalue weighted by Crippen LogP contribution is -2.50. The van der Waals surface area contributed by atoms with E-state index in [1.165, 1.54) is 0 Å². The van der Waals surface area contributed by atoms with E-state index in [4.69, 9.17) is 11.6 Å². The number of amides is 1. The maximum absolute atomic E-state index is 11.9. The summed E-state index contributed by atoms with van der Waals surface area (Å²) in [5.74, 6) is 0.106. The van der Waals surface area contributed by atoms with Crippen molar-refractivity contribution in [3.8, 4) is 0 Å². The van der Waals surface area contributed by atoms with Crippen LogP contribution in [0.1, 0.15) is 19.3 Å². The molecule has 0 radical (unpaired) electrons. The molecule has 84 valence electrons. The zero-order chi connectivity index (χ0) is 11.1. The Labute approximate surface area is 99.4 Å². The molecule has 0 bridgehead atoms. The monoisotopic (exact) mass is 236 g/mol. The fourth-order valence-corrected chi connectivity index (χ4v) is 2.74. The van der Waals surface area contributed by atoms with E-state index in [2.05, 4.69) is 10.2 Å². The second kappa shape index (κ2) is 3.67. The minimum Gasteiger partial charge on any atom is -0.358 e. The van der Waals surface area contributed by atoms with Crippen LogP contribution in [0.3, 0.4) is 0 Å². The predicted octanol–water partition coefficient (Wildman–Crippen LogP) is 2.65. The molecule has 1 aromatic rings. The third kappa shape index (κ3) is 1.47. The number of anilines is 2. The molecule has 16 heavy (non-hydrogen) atoms. The van der Waals surface area contributed by atoms with Crippen LogP contribution in [-0.2, 0) is 4.79 Å². The van der Waals surface area contributed by atoms with Crippen molar-refractivity contribution < 1.29 is 4.79 Å². The topological polar surface area (TPSA) is 32.3 Å². The van der Waals surface area contributed by atoms with Crippen molar-refractivity contribution in [1.82, 2.24) is 0 Å². The number of fused-ring (bicyclic) bond motifs is 3. The first-order valence-electron chi connectivity index (χ1n) is 5.63. The highest BCUT2D eigenvalue weighted by Gasteiger charge is 2.34. The molecule has 0 aromatic heterocycles. The van der Waals surface area contributed by atoms with Gasteiger partial charge in [-0.2, -0.15) is 0 Å². The zero-order valence-electron chi connectivity index (χ0n) is 8.87. The van der Waals surface area contributed by atoms with E-state index in [0.717, 1.165) is 37.2 Å². The molecule has 2 heterocycles. The second-order valence-corrected chi connectivity index (χ2v) is 4.79. The number of carbonyl (C=O) groups is 1. The lowest BCUT2D eigenvalue weighted by molar-refractivity contribution is -0.118. The van der Waals surface area contributed by atoms with Crippen LogP contribution in [0.4, 0.5) is 11.4 Å². The van der Waals surface area contributed by atoms with E-state index in [9.17, 15) is 4.79 Å². The quantitative estimate of drug-likeness (QED) is 0.751. The molecule has 1 aromatic carbocycles. The Balaban J connectivity index is 2.06. The third-order valence-electron chi connectivity index (χ3n) is 3.33. The number of piperidine rings is 1. The molecule has 0 spiro atoms. The second-order valence-electron chi connectivity index (χ2n) is 4.36. The van der Waals surface area contributed by atoms with Crippen molar-refractivity contribution in [2.45, 2.75) is 25.3 Å². The predicted molar refractivity (Wildman–Crippen MR) is 65.1 cm³/mol. The van der Waals surface area contributed by atoms with Crippen LogP contribution < -0.4 is 10.2 Å². The van der Waals surface area contributed by atoms with Crippen molar-refractivity contribution >= 4 is 28.9 Å². The van der Waals surface area contributed by atoms with Gasteiger partial charge in [-0.1, -0.05) is 11.6 Å². The van der Waals surface area contributed by atoms with Crippen LogP contribution in [0, 0.1) is 0 Å². The lowest BCUT2D eigenvalue weighted by Gasteiger charge is -2.41. The average Bonchev–Trinajstić information content (AvgIpc) is 2.29. The summed E-state index contributed by atoms with van der Waals surface area (Å²) in [6.45, 7) is 0.965. The van der Waals surface area contributed by atoms with E-state index in [0.29, 0.717) is 5.02 Å². The molecule has 2 aliphatic rings. The highest BCUT2D eigenvalue weighted by Crippen LogP contribution is 2.37. The maximum Gasteiger partial charge on any atom is 0.247 e. The molecular weight excluding hydrogens is 224 g/mol. The first-order chi connectivity index (χ1) is 7.75. The number of benzene rings is 1. The van der Waals surface area contributed by atoms with Gasteiger partial charge >= 0.3 is 0 Å². The van der Waals surface area contributed by atoms with Gasteiger partial charge in [0.1, 0.15) is 6.04 Å². The zero-order valence-corrected chi connectivity index (χ0v) is 9.63. The van der Waals surface area contributed by atoms with E-state index in [1.54, 1.807) is 0 Å². The number of carbonyl (C=O) groups excluding carboxylic acids is 1. The molecule has 0 saturated carbocycles. The van der Waals surface area contributed by atoms with Gasteiger partial charge in [-0.15, -0.1) is 0 Å². The van der Waals surface area contributed by atoms with Gasteiger partial charge in [0.15, 0.2) is 0 Å². The van der Waals surface area contributed by atoms with E-state index >= 15 is 0 Å². The average molecular weight is 237 g/mol. The number of nitrogens with one attached hydrogen (secondary N) is 1. The lowest BCUT2D eigenvalue weighted by atomic mass is 9.97. The Hall–Kier alpha value is -1.22. The molecule has 3 rings (SSSR count). The first kappa shape index (κ1) is 9.97. The molecule has 1 amide bonds. The van der Waals surface area contributed by atoms with Gasteiger partial charge in [0.25, 0.3) is 0 Å². The Morgan fingerprint density at radius 1 is 1.38 bits per heavy atom. The molecule has 1 fully saturated rings. The van der Waals surface area contributed by atoms with Crippen molar-refractivity contribution in [3.05, 3.63) is 23.2 Å². The van der Waals surface area contributed by atoms with Crippen LogP contribution >= 0.6 is 11.6 Å². The van der Waals surface area contributed by atoms with Crippen molar-refractivity contribution in [3.63, 3.8) is 0 Å². The fourth-order valence-electron chi connectivity index (χ4n) is 2.57. The number of halogens is 1. The van der Waals surface area contributed by atoms with Crippen LogP contribution in [-0.4, -0.2) is 18.5 Å². The SMILES string of the molecule is O=C1Nc2cc(Cl)ccc2N2CCCC[C@@H]12. The van der Waals surface area contributed by atoms with Crippen molar-refractivity contribution in [1.29, 1.82) is 0 Å². The Bertz CT molecular complexity index is 447. The van der Waals surface area contributed by atoms with Gasteiger partial charge in [0.05, 0.1) is 11.4 Å². The summed E-state index contributed by atoms with van der Waals surface area (Å²) < 4.78 is 0. The number of rotatable bonds is 0. The van der Waals surface area contributed by atoms with Crippen LogP contribution in [0.2, 0.25) is 5.02 Å². The minimum absolute atomic E-state index is 0.0161. The molecule has 0 unspecified atom stereocenters. The third-order valence-corrected chi connectivity index (χ3v) is 3.57. The Morgan fingerprint density at radius 2 is 2.25 bits per heavy atom. The van der Waals surface area contributed by atoms with Crippen LogP contribution in [0.25, 0.3) is 0 Å². The summed E-state index contributed by atoms with van der Waals surface area (Å²) in [5.41, 5.74) is 1.95. The normalized spacial score (nSPS) is 23.4. The van der Waals surface area contributed by atoms with Crippen molar-refractivity contribution in [2.24, 2.45) is 0 Å². The molecule has 1 N–H and O–H groups in total. The van der Waals surface area contributed by atoms with E-state index in [-0.39, 0.29) is 11.9 Å². The Kier molecular flexibility index (Phi) is 2.28. The van der Waals surface area contributed by atoms with Crippen LogP contribution in [0.15, 0.2) is 18.2 Å². The highest BCUT2D eigenvalue weighted by atomic mass is 35.5. The fraction of sp³-hybridized carbons (Fsp3) is 0.417. The molecular formula is C12H13ClN2O. The van der Waals surface area contributed by atoms with Gasteiger partial charge in [0, 0.05) is 11.6 Å². The standard InChI is InChI=1S/C12H13ClN2O/c13-8-4-5-10-9(7-8)14-12(16)11-3-1-2-6-15(10)11/h4-5,7,11H,1-3,6H2,(H,14,16)/t11-/m0/s1. The molecule has 2 aliphatic heterocycles. The highest BCUT2D eigenvalue weighted by molar-refractivity contribution is 6.31.